The first kappa shape index (κ1) is 15.1. The molecule has 0 saturated carbocycles. The number of carbonyl (C=O) groups excluding carboxylic acids is 1. The first-order valence-corrected chi connectivity index (χ1v) is 7.45. The van der Waals surface area contributed by atoms with Crippen LogP contribution in [-0.2, 0) is 0 Å². The van der Waals surface area contributed by atoms with E-state index >= 15 is 0 Å². The summed E-state index contributed by atoms with van der Waals surface area (Å²) in [6.45, 7) is 4.04. The molecule has 2 aromatic rings. The van der Waals surface area contributed by atoms with E-state index in [1.54, 1.807) is 12.1 Å². The van der Waals surface area contributed by atoms with Gasteiger partial charge < -0.3 is 14.8 Å². The van der Waals surface area contributed by atoms with E-state index < -0.39 is 6.10 Å². The summed E-state index contributed by atoms with van der Waals surface area (Å²) in [4.78, 5) is 12.4. The van der Waals surface area contributed by atoms with Crippen LogP contribution in [0.3, 0.4) is 0 Å². The van der Waals surface area contributed by atoms with Crippen LogP contribution in [0, 0.1) is 13.8 Å². The number of aliphatic hydroxyl groups is 1. The van der Waals surface area contributed by atoms with Crippen molar-refractivity contribution in [2.75, 3.05) is 6.54 Å². The summed E-state index contributed by atoms with van der Waals surface area (Å²) in [7, 11) is 0. The van der Waals surface area contributed by atoms with Gasteiger partial charge in [0.25, 0.3) is 5.91 Å². The van der Waals surface area contributed by atoms with Crippen molar-refractivity contribution in [3.63, 3.8) is 0 Å². The minimum atomic E-state index is -0.639. The summed E-state index contributed by atoms with van der Waals surface area (Å²) < 4.78 is 5.96. The molecule has 2 heterocycles. The summed E-state index contributed by atoms with van der Waals surface area (Å²) in [5, 5.41) is 12.8. The topological polar surface area (TPSA) is 62.5 Å². The molecule has 4 nitrogen and oxygen atoms in total. The molecule has 20 heavy (non-hydrogen) atoms. The minimum Gasteiger partial charge on any atom is -0.466 e. The maximum Gasteiger partial charge on any atom is 0.261 e. The van der Waals surface area contributed by atoms with E-state index in [-0.39, 0.29) is 5.91 Å². The van der Waals surface area contributed by atoms with E-state index in [4.69, 9.17) is 16.0 Å². The molecule has 1 amide bonds. The Hall–Kier alpha value is -1.30. The standard InChI is InChI=1S/C14H16ClNO3S/c1-8-7-10(9(2)19-8)11(17)5-6-16-14(18)12-3-4-13(15)20-12/h3-4,7,11,17H,5-6H2,1-2H3,(H,16,18)/t11-/m0/s1. The quantitative estimate of drug-likeness (QED) is 0.888. The van der Waals surface area contributed by atoms with E-state index in [1.807, 2.05) is 19.9 Å². The zero-order chi connectivity index (χ0) is 14.7. The van der Waals surface area contributed by atoms with Crippen LogP contribution in [0.25, 0.3) is 0 Å². The predicted octanol–water partition coefficient (Wildman–Crippen LogP) is 3.46. The lowest BCUT2D eigenvalue weighted by molar-refractivity contribution is 0.0946. The average molecular weight is 314 g/mol. The van der Waals surface area contributed by atoms with Crippen LogP contribution in [0.1, 0.15) is 39.3 Å². The number of rotatable bonds is 5. The predicted molar refractivity (Wildman–Crippen MR) is 79.4 cm³/mol. The third-order valence-electron chi connectivity index (χ3n) is 2.94. The van der Waals surface area contributed by atoms with E-state index in [1.165, 1.54) is 11.3 Å². The maximum absolute atomic E-state index is 11.8. The van der Waals surface area contributed by atoms with Crippen LogP contribution in [0.15, 0.2) is 22.6 Å². The van der Waals surface area contributed by atoms with Crippen molar-refractivity contribution in [3.8, 4) is 0 Å². The summed E-state index contributed by atoms with van der Waals surface area (Å²) in [6, 6.07) is 5.19. The van der Waals surface area contributed by atoms with Crippen LogP contribution in [0.2, 0.25) is 4.34 Å². The molecule has 0 bridgehead atoms. The minimum absolute atomic E-state index is 0.172. The largest absolute Gasteiger partial charge is 0.466 e. The fraction of sp³-hybridized carbons (Fsp3) is 0.357. The molecule has 0 aliphatic rings. The molecule has 2 rings (SSSR count). The van der Waals surface area contributed by atoms with Gasteiger partial charge in [0.1, 0.15) is 11.5 Å². The number of amides is 1. The van der Waals surface area contributed by atoms with E-state index in [0.29, 0.717) is 27.9 Å². The zero-order valence-electron chi connectivity index (χ0n) is 11.3. The van der Waals surface area contributed by atoms with Gasteiger partial charge in [-0.25, -0.2) is 0 Å². The van der Waals surface area contributed by atoms with E-state index in [2.05, 4.69) is 5.32 Å². The van der Waals surface area contributed by atoms with Crippen molar-refractivity contribution in [1.82, 2.24) is 5.32 Å². The van der Waals surface area contributed by atoms with Gasteiger partial charge in [-0.15, -0.1) is 11.3 Å². The monoisotopic (exact) mass is 313 g/mol. The first-order valence-electron chi connectivity index (χ1n) is 6.26. The lowest BCUT2D eigenvalue weighted by atomic mass is 10.1. The third kappa shape index (κ3) is 3.62. The first-order chi connectivity index (χ1) is 9.47. The number of carbonyl (C=O) groups is 1. The van der Waals surface area contributed by atoms with E-state index in [0.717, 1.165) is 11.3 Å². The Morgan fingerprint density at radius 1 is 1.50 bits per heavy atom. The Labute approximate surface area is 126 Å². The van der Waals surface area contributed by atoms with Crippen LogP contribution < -0.4 is 5.32 Å². The second-order valence-electron chi connectivity index (χ2n) is 4.53. The van der Waals surface area contributed by atoms with Crippen molar-refractivity contribution < 1.29 is 14.3 Å². The number of furan rings is 1. The maximum atomic E-state index is 11.8. The number of aryl methyl sites for hydroxylation is 2. The van der Waals surface area contributed by atoms with Gasteiger partial charge in [0.05, 0.1) is 15.3 Å². The molecule has 0 spiro atoms. The van der Waals surface area contributed by atoms with Crippen LogP contribution in [-0.4, -0.2) is 17.6 Å². The molecule has 0 saturated heterocycles. The summed E-state index contributed by atoms with van der Waals surface area (Å²) in [6.07, 6.45) is -0.204. The van der Waals surface area contributed by atoms with Gasteiger partial charge in [-0.2, -0.15) is 0 Å². The lowest BCUT2D eigenvalue weighted by Crippen LogP contribution is -2.24. The molecule has 0 fully saturated rings. The summed E-state index contributed by atoms with van der Waals surface area (Å²) in [5.41, 5.74) is 0.774. The molecule has 6 heteroatoms. The molecule has 2 N–H and O–H groups in total. The number of aliphatic hydroxyl groups excluding tert-OH is 1. The number of hydrogen-bond acceptors (Lipinski definition) is 4. The molecular formula is C14H16ClNO3S. The Morgan fingerprint density at radius 2 is 2.25 bits per heavy atom. The van der Waals surface area contributed by atoms with Crippen molar-refractivity contribution in [3.05, 3.63) is 44.5 Å². The molecule has 0 aliphatic carbocycles. The SMILES string of the molecule is Cc1cc([C@@H](O)CCNC(=O)c2ccc(Cl)s2)c(C)o1. The molecule has 0 unspecified atom stereocenters. The normalized spacial score (nSPS) is 12.4. The Kier molecular flexibility index (Phi) is 4.86. The molecule has 0 radical (unpaired) electrons. The van der Waals surface area contributed by atoms with Crippen molar-refractivity contribution in [2.24, 2.45) is 0 Å². The lowest BCUT2D eigenvalue weighted by Gasteiger charge is -2.10. The molecule has 108 valence electrons. The fourth-order valence-electron chi connectivity index (χ4n) is 1.98. The van der Waals surface area contributed by atoms with Crippen LogP contribution >= 0.6 is 22.9 Å². The second-order valence-corrected chi connectivity index (χ2v) is 6.25. The van der Waals surface area contributed by atoms with Crippen molar-refractivity contribution in [2.45, 2.75) is 26.4 Å². The van der Waals surface area contributed by atoms with Gasteiger partial charge >= 0.3 is 0 Å². The number of nitrogens with one attached hydrogen (secondary N) is 1. The molecular weight excluding hydrogens is 298 g/mol. The van der Waals surface area contributed by atoms with E-state index in [9.17, 15) is 9.90 Å². The smallest absolute Gasteiger partial charge is 0.261 e. The van der Waals surface area contributed by atoms with Crippen molar-refractivity contribution >= 4 is 28.8 Å². The molecule has 2 aromatic heterocycles. The van der Waals surface area contributed by atoms with Gasteiger partial charge in [0, 0.05) is 12.1 Å². The van der Waals surface area contributed by atoms with Crippen LogP contribution in [0.4, 0.5) is 0 Å². The van der Waals surface area contributed by atoms with Crippen molar-refractivity contribution in [1.29, 1.82) is 0 Å². The van der Waals surface area contributed by atoms with Gasteiger partial charge in [-0.3, -0.25) is 4.79 Å². The highest BCUT2D eigenvalue weighted by Crippen LogP contribution is 2.24. The number of hydrogen-bond donors (Lipinski definition) is 2. The Morgan fingerprint density at radius 3 is 2.80 bits per heavy atom. The van der Waals surface area contributed by atoms with Gasteiger partial charge in [0.2, 0.25) is 0 Å². The third-order valence-corrected chi connectivity index (χ3v) is 4.17. The summed E-state index contributed by atoms with van der Waals surface area (Å²) in [5.74, 6) is 1.31. The van der Waals surface area contributed by atoms with Gasteiger partial charge in [-0.05, 0) is 38.5 Å². The highest BCUT2D eigenvalue weighted by Gasteiger charge is 2.15. The zero-order valence-corrected chi connectivity index (χ0v) is 12.8. The number of thiophene rings is 1. The average Bonchev–Trinajstić information content (AvgIpc) is 2.95. The van der Waals surface area contributed by atoms with Gasteiger partial charge in [0.15, 0.2) is 0 Å². The summed E-state index contributed by atoms with van der Waals surface area (Å²) >= 11 is 7.01. The molecule has 0 aromatic carbocycles. The number of halogens is 1. The molecule has 1 atom stereocenters. The second kappa shape index (κ2) is 6.43. The van der Waals surface area contributed by atoms with Crippen LogP contribution in [0.5, 0.6) is 0 Å². The van der Waals surface area contributed by atoms with Gasteiger partial charge in [-0.1, -0.05) is 11.6 Å². The highest BCUT2D eigenvalue weighted by atomic mass is 35.5. The fourth-order valence-corrected chi connectivity index (χ4v) is 2.94. The Bertz CT molecular complexity index is 605. The molecule has 0 aliphatic heterocycles. The Balaban J connectivity index is 1.84. The highest BCUT2D eigenvalue weighted by molar-refractivity contribution is 7.17.